The Hall–Kier alpha value is -8.16. The highest BCUT2D eigenvalue weighted by Gasteiger charge is 2.35. The van der Waals surface area contributed by atoms with Gasteiger partial charge in [-0.3, -0.25) is 14.6 Å². The molecule has 23 nitrogen and oxygen atoms in total. The summed E-state index contributed by atoms with van der Waals surface area (Å²) < 4.78 is 61.1. The number of carbonyl (C=O) groups is 6. The van der Waals surface area contributed by atoms with Gasteiger partial charge in [0.05, 0.1) is 62.1 Å². The first-order valence-corrected chi connectivity index (χ1v) is 26.3. The Bertz CT molecular complexity index is 2770. The number of hydrogen-bond acceptors (Lipinski definition) is 17. The Kier molecular flexibility index (Phi) is 22.1. The number of piperazine rings is 2. The van der Waals surface area contributed by atoms with Crippen LogP contribution in [0.1, 0.15) is 52.7 Å². The molecule has 81 heavy (non-hydrogen) atoms. The number of carbonyl (C=O) groups excluding carboxylic acids is 5. The molecule has 0 radical (unpaired) electrons. The van der Waals surface area contributed by atoms with E-state index in [9.17, 15) is 33.2 Å². The number of halogens is 2. The van der Waals surface area contributed by atoms with Crippen molar-refractivity contribution in [1.82, 2.24) is 20.9 Å². The Morgan fingerprint density at radius 3 is 1.40 bits per heavy atom. The first kappa shape index (κ1) is 62.0. The van der Waals surface area contributed by atoms with Crippen molar-refractivity contribution >= 4 is 59.0 Å². The number of nitrogens with zero attached hydrogens (tertiary/aromatic N) is 5. The van der Waals surface area contributed by atoms with Gasteiger partial charge >= 0.3 is 30.3 Å². The van der Waals surface area contributed by atoms with Crippen molar-refractivity contribution in [2.75, 3.05) is 111 Å². The molecule has 4 heterocycles. The highest BCUT2D eigenvalue weighted by atomic mass is 19.1. The zero-order valence-corrected chi connectivity index (χ0v) is 46.3. The first-order valence-electron chi connectivity index (χ1n) is 26.3. The number of benzene rings is 4. The minimum Gasteiger partial charge on any atom is -0.484 e. The van der Waals surface area contributed by atoms with Crippen molar-refractivity contribution in [2.24, 2.45) is 0 Å². The Morgan fingerprint density at radius 2 is 1.01 bits per heavy atom. The number of aliphatic carboxylic acids is 1. The first-order chi connectivity index (χ1) is 38.5. The average Bonchev–Trinajstić information content (AvgIpc) is 4.02. The SMILES string of the molecule is CC(C)(C)OC(=O)NC[C@H]1CN(c2ccc(N3CCN(C(=O)COc4ccc(CO)cc4)CC3)c(F)c2)C(=O)O1.CC(C)(C)OC(=O)NC[C@H]1CN(c2ccc(N3CCNCC3)c(F)c2)C(=O)O1.O=C(O)COc1ccc(CO)cc1. The van der Waals surface area contributed by atoms with Gasteiger partial charge in [0, 0.05) is 52.4 Å². The molecule has 0 aliphatic carbocycles. The predicted octanol–water partition coefficient (Wildman–Crippen LogP) is 5.62. The second-order valence-electron chi connectivity index (χ2n) is 20.9. The number of cyclic esters (lactones) is 2. The van der Waals surface area contributed by atoms with Crippen LogP contribution in [0.2, 0.25) is 0 Å². The lowest BCUT2D eigenvalue weighted by molar-refractivity contribution is -0.139. The summed E-state index contributed by atoms with van der Waals surface area (Å²) in [5.41, 5.74) is 1.96. The minimum absolute atomic E-state index is 0.0286. The van der Waals surface area contributed by atoms with Gasteiger partial charge in [-0.1, -0.05) is 24.3 Å². The summed E-state index contributed by atoms with van der Waals surface area (Å²) >= 11 is 0. The zero-order valence-electron chi connectivity index (χ0n) is 46.3. The molecular formula is C56H72F2N8O15. The van der Waals surface area contributed by atoms with E-state index in [-0.39, 0.29) is 64.3 Å². The molecule has 4 aliphatic heterocycles. The molecule has 0 aromatic heterocycles. The van der Waals surface area contributed by atoms with Gasteiger partial charge in [-0.05, 0) is 113 Å². The third kappa shape index (κ3) is 19.6. The second-order valence-corrected chi connectivity index (χ2v) is 20.9. The van der Waals surface area contributed by atoms with E-state index in [2.05, 4.69) is 16.0 Å². The molecule has 4 saturated heterocycles. The third-order valence-corrected chi connectivity index (χ3v) is 12.3. The van der Waals surface area contributed by atoms with E-state index in [1.807, 2.05) is 9.80 Å². The van der Waals surface area contributed by atoms with E-state index in [4.69, 9.17) is 43.7 Å². The molecule has 5 amide bonds. The van der Waals surface area contributed by atoms with Crippen molar-refractivity contribution in [3.63, 3.8) is 0 Å². The van der Waals surface area contributed by atoms with Crippen LogP contribution in [0.5, 0.6) is 11.5 Å². The number of rotatable bonds is 16. The predicted molar refractivity (Wildman–Crippen MR) is 294 cm³/mol. The topological polar surface area (TPSA) is 271 Å². The summed E-state index contributed by atoms with van der Waals surface area (Å²) in [7, 11) is 0. The maximum atomic E-state index is 15.1. The Balaban J connectivity index is 0.000000222. The van der Waals surface area contributed by atoms with Crippen LogP contribution in [-0.4, -0.2) is 172 Å². The van der Waals surface area contributed by atoms with E-state index in [0.29, 0.717) is 60.4 Å². The maximum absolute atomic E-state index is 15.1. The fourth-order valence-electron chi connectivity index (χ4n) is 8.41. The van der Waals surface area contributed by atoms with E-state index < -0.39 is 59.6 Å². The number of carboxylic acids is 1. The lowest BCUT2D eigenvalue weighted by atomic mass is 10.2. The molecule has 6 N–H and O–H groups in total. The minimum atomic E-state index is -1.01. The lowest BCUT2D eigenvalue weighted by Gasteiger charge is -2.36. The summed E-state index contributed by atoms with van der Waals surface area (Å²) in [5, 5.41) is 34.5. The smallest absolute Gasteiger partial charge is 0.414 e. The van der Waals surface area contributed by atoms with E-state index >= 15 is 4.39 Å². The van der Waals surface area contributed by atoms with Crippen LogP contribution in [0.4, 0.5) is 50.7 Å². The summed E-state index contributed by atoms with van der Waals surface area (Å²) in [6.45, 7) is 15.4. The standard InChI is InChI=1S/C28H35FN4O7.C19H27FN4O4.C9H10O4/c1-28(2,3)40-26(36)30-15-22-16-33(27(37)39-22)20-6-9-24(23(29)14-20)31-10-12-32(13-11-31)25(35)18-38-21-7-4-19(17-34)5-8-21;1-19(2,3)28-17(25)22-11-14-12-24(18(26)27-14)13-4-5-16(15(20)10-13)23-8-6-21-7-9-23;10-5-7-1-3-8(4-2-7)13-6-9(11)12/h4-9,14,22,34H,10-13,15-18H2,1-3H3,(H,30,36);4-5,10,14,21H,6-9,11-12H2,1-3H3,(H,22,25);1-4,10H,5-6H2,(H,11,12)/t22-;14-;/m00./s1. The average molecular weight is 1140 g/mol. The number of aliphatic hydroxyl groups excluding tert-OH is 2. The van der Waals surface area contributed by atoms with E-state index in [1.54, 1.807) is 119 Å². The largest absolute Gasteiger partial charge is 0.484 e. The van der Waals surface area contributed by atoms with Crippen LogP contribution >= 0.6 is 0 Å². The molecule has 0 spiro atoms. The fourth-order valence-corrected chi connectivity index (χ4v) is 8.41. The molecule has 0 unspecified atom stereocenters. The molecule has 0 bridgehead atoms. The third-order valence-electron chi connectivity index (χ3n) is 12.3. The van der Waals surface area contributed by atoms with Gasteiger partial charge in [-0.15, -0.1) is 0 Å². The molecule has 4 fully saturated rings. The number of hydrogen-bond donors (Lipinski definition) is 6. The Labute approximate surface area is 468 Å². The van der Waals surface area contributed by atoms with Gasteiger partial charge < -0.3 is 74.4 Å². The van der Waals surface area contributed by atoms with Crippen molar-refractivity contribution in [3.05, 3.63) is 108 Å². The molecule has 8 rings (SSSR count). The Morgan fingerprint density at radius 1 is 0.605 bits per heavy atom. The van der Waals surface area contributed by atoms with Crippen LogP contribution in [0.25, 0.3) is 0 Å². The van der Waals surface area contributed by atoms with E-state index in [0.717, 1.165) is 37.3 Å². The molecule has 2 atom stereocenters. The van der Waals surface area contributed by atoms with Gasteiger partial charge in [0.25, 0.3) is 5.91 Å². The summed E-state index contributed by atoms with van der Waals surface area (Å²) in [6, 6.07) is 22.8. The van der Waals surface area contributed by atoms with Gasteiger partial charge in [0.1, 0.15) is 46.5 Å². The summed E-state index contributed by atoms with van der Waals surface area (Å²) in [6.07, 6.45) is -3.51. The number of anilines is 4. The van der Waals surface area contributed by atoms with E-state index in [1.165, 1.54) is 21.9 Å². The van der Waals surface area contributed by atoms with Crippen molar-refractivity contribution in [1.29, 1.82) is 0 Å². The monoisotopic (exact) mass is 1130 g/mol. The highest BCUT2D eigenvalue weighted by molar-refractivity contribution is 5.91. The quantitative estimate of drug-likeness (QED) is 0.0743. The molecule has 4 aromatic carbocycles. The van der Waals surface area contributed by atoms with Gasteiger partial charge in [-0.2, -0.15) is 0 Å². The molecule has 25 heteroatoms. The van der Waals surface area contributed by atoms with Gasteiger partial charge in [0.15, 0.2) is 13.2 Å². The number of carboxylic acid groups (broad SMARTS) is 1. The van der Waals surface area contributed by atoms with Crippen LogP contribution in [-0.2, 0) is 41.8 Å². The maximum Gasteiger partial charge on any atom is 0.414 e. The lowest BCUT2D eigenvalue weighted by Crippen LogP contribution is -2.50. The molecule has 0 saturated carbocycles. The highest BCUT2D eigenvalue weighted by Crippen LogP contribution is 2.30. The summed E-state index contributed by atoms with van der Waals surface area (Å²) in [4.78, 5) is 79.1. The molecule has 4 aliphatic rings. The number of aliphatic hydroxyl groups is 2. The normalized spacial score (nSPS) is 17.1. The van der Waals surface area contributed by atoms with Crippen molar-refractivity contribution < 1.29 is 81.3 Å². The number of nitrogens with one attached hydrogen (secondary N) is 3. The number of alkyl carbamates (subject to hydrolysis) is 2. The van der Waals surface area contributed by atoms with Gasteiger partial charge in [-0.25, -0.2) is 32.8 Å². The molecule has 440 valence electrons. The van der Waals surface area contributed by atoms with Crippen LogP contribution in [0.3, 0.4) is 0 Å². The van der Waals surface area contributed by atoms with Gasteiger partial charge in [0.2, 0.25) is 0 Å². The zero-order chi connectivity index (χ0) is 58.9. The fraction of sp³-hybridized carbons (Fsp3) is 0.464. The van der Waals surface area contributed by atoms with Crippen LogP contribution < -0.4 is 45.0 Å². The van der Waals surface area contributed by atoms with Crippen LogP contribution in [0.15, 0.2) is 84.9 Å². The van der Waals surface area contributed by atoms with Crippen LogP contribution in [0, 0.1) is 11.6 Å². The number of ether oxygens (including phenoxy) is 6. The molecule has 4 aromatic rings. The second kappa shape index (κ2) is 28.8. The number of amides is 5. The van der Waals surface area contributed by atoms with Crippen molar-refractivity contribution in [2.45, 2.75) is 78.2 Å². The summed E-state index contributed by atoms with van der Waals surface area (Å²) in [5.74, 6) is -1.01. The van der Waals surface area contributed by atoms with Crippen molar-refractivity contribution in [3.8, 4) is 11.5 Å². The molecular weight excluding hydrogens is 1060 g/mol.